The molecule has 0 fully saturated rings. The van der Waals surface area contributed by atoms with Gasteiger partial charge in [-0.05, 0) is 29.2 Å². The predicted molar refractivity (Wildman–Crippen MR) is 101 cm³/mol. The molecule has 0 bridgehead atoms. The SMILES string of the molecule is CC(C)(C)c1cccc(-c2ncccc2-c2cnc3[nH]ncc3c2)c1. The lowest BCUT2D eigenvalue weighted by atomic mass is 9.85. The number of hydrogen-bond acceptors (Lipinski definition) is 3. The molecular weight excluding hydrogens is 308 g/mol. The van der Waals surface area contributed by atoms with Gasteiger partial charge in [-0.2, -0.15) is 5.10 Å². The van der Waals surface area contributed by atoms with E-state index in [1.807, 2.05) is 18.5 Å². The Hall–Kier alpha value is -3.01. The number of hydrogen-bond donors (Lipinski definition) is 1. The minimum atomic E-state index is 0.0994. The molecule has 0 saturated heterocycles. The number of pyridine rings is 2. The average Bonchev–Trinajstić information content (AvgIpc) is 3.09. The first kappa shape index (κ1) is 15.5. The van der Waals surface area contributed by atoms with Gasteiger partial charge in [0.1, 0.15) is 0 Å². The van der Waals surface area contributed by atoms with E-state index >= 15 is 0 Å². The van der Waals surface area contributed by atoms with Crippen LogP contribution < -0.4 is 0 Å². The molecule has 3 heterocycles. The van der Waals surface area contributed by atoms with Crippen molar-refractivity contribution in [3.63, 3.8) is 0 Å². The van der Waals surface area contributed by atoms with E-state index in [1.165, 1.54) is 5.56 Å². The van der Waals surface area contributed by atoms with Crippen LogP contribution in [0.3, 0.4) is 0 Å². The predicted octanol–water partition coefficient (Wildman–Crippen LogP) is 4.98. The Labute approximate surface area is 147 Å². The second-order valence-corrected chi connectivity index (χ2v) is 7.26. The van der Waals surface area contributed by atoms with E-state index in [-0.39, 0.29) is 5.41 Å². The van der Waals surface area contributed by atoms with Gasteiger partial charge in [-0.15, -0.1) is 0 Å². The molecule has 0 spiro atoms. The summed E-state index contributed by atoms with van der Waals surface area (Å²) < 4.78 is 0. The molecule has 3 aromatic heterocycles. The van der Waals surface area contributed by atoms with Gasteiger partial charge in [0.25, 0.3) is 0 Å². The molecular formula is C21H20N4. The first-order valence-corrected chi connectivity index (χ1v) is 8.38. The fourth-order valence-corrected chi connectivity index (χ4v) is 2.99. The lowest BCUT2D eigenvalue weighted by molar-refractivity contribution is 0.590. The van der Waals surface area contributed by atoms with Gasteiger partial charge in [0.15, 0.2) is 5.65 Å². The third-order valence-corrected chi connectivity index (χ3v) is 4.41. The van der Waals surface area contributed by atoms with Crippen LogP contribution in [0, 0.1) is 0 Å². The van der Waals surface area contributed by atoms with Gasteiger partial charge in [-0.1, -0.05) is 45.0 Å². The molecule has 1 aromatic carbocycles. The second-order valence-electron chi connectivity index (χ2n) is 7.26. The van der Waals surface area contributed by atoms with Gasteiger partial charge in [0, 0.05) is 34.5 Å². The summed E-state index contributed by atoms with van der Waals surface area (Å²) in [4.78, 5) is 9.13. The Morgan fingerprint density at radius 2 is 1.76 bits per heavy atom. The van der Waals surface area contributed by atoms with Crippen LogP contribution in [0.2, 0.25) is 0 Å². The minimum Gasteiger partial charge on any atom is -0.261 e. The van der Waals surface area contributed by atoms with E-state index in [2.05, 4.69) is 77.3 Å². The number of fused-ring (bicyclic) bond motifs is 1. The zero-order valence-corrected chi connectivity index (χ0v) is 14.6. The van der Waals surface area contributed by atoms with Crippen molar-refractivity contribution >= 4 is 11.0 Å². The van der Waals surface area contributed by atoms with Crippen LogP contribution in [0.5, 0.6) is 0 Å². The molecule has 0 aliphatic carbocycles. The van der Waals surface area contributed by atoms with Crippen molar-refractivity contribution in [1.82, 2.24) is 20.2 Å². The van der Waals surface area contributed by atoms with Crippen LogP contribution in [-0.4, -0.2) is 20.2 Å². The third kappa shape index (κ3) is 2.91. The fourth-order valence-electron chi connectivity index (χ4n) is 2.99. The Bertz CT molecular complexity index is 1040. The summed E-state index contributed by atoms with van der Waals surface area (Å²) in [7, 11) is 0. The van der Waals surface area contributed by atoms with Gasteiger partial charge in [-0.25, -0.2) is 4.98 Å². The number of aromatic nitrogens is 4. The standard InChI is InChI=1S/C21H20N4/c1-21(2,3)17-7-4-6-14(11-17)19-18(8-5-9-22-19)15-10-16-13-24-25-20(16)23-12-15/h4-13H,1-3H3,(H,23,24,25). The molecule has 4 nitrogen and oxygen atoms in total. The summed E-state index contributed by atoms with van der Waals surface area (Å²) in [6, 6.07) is 14.8. The molecule has 4 aromatic rings. The van der Waals surface area contributed by atoms with Crippen molar-refractivity contribution in [3.05, 3.63) is 66.6 Å². The van der Waals surface area contributed by atoms with Crippen molar-refractivity contribution in [2.45, 2.75) is 26.2 Å². The smallest absolute Gasteiger partial charge is 0.155 e. The highest BCUT2D eigenvalue weighted by atomic mass is 15.1. The lowest BCUT2D eigenvalue weighted by Gasteiger charge is -2.20. The molecule has 0 saturated carbocycles. The van der Waals surface area contributed by atoms with Crippen LogP contribution in [0.25, 0.3) is 33.4 Å². The Morgan fingerprint density at radius 1 is 0.880 bits per heavy atom. The number of H-pyrrole nitrogens is 1. The van der Waals surface area contributed by atoms with Crippen molar-refractivity contribution in [2.24, 2.45) is 0 Å². The number of benzene rings is 1. The van der Waals surface area contributed by atoms with E-state index < -0.39 is 0 Å². The van der Waals surface area contributed by atoms with Crippen molar-refractivity contribution in [3.8, 4) is 22.4 Å². The van der Waals surface area contributed by atoms with Crippen LogP contribution in [0.15, 0.2) is 61.1 Å². The maximum atomic E-state index is 4.66. The molecule has 1 N–H and O–H groups in total. The van der Waals surface area contributed by atoms with E-state index in [1.54, 1.807) is 6.20 Å². The number of rotatable bonds is 2. The zero-order chi connectivity index (χ0) is 17.4. The molecule has 0 radical (unpaired) electrons. The summed E-state index contributed by atoms with van der Waals surface area (Å²) in [5.41, 5.74) is 6.40. The second kappa shape index (κ2) is 5.81. The van der Waals surface area contributed by atoms with Crippen molar-refractivity contribution in [2.75, 3.05) is 0 Å². The van der Waals surface area contributed by atoms with Crippen LogP contribution in [0.1, 0.15) is 26.3 Å². The Balaban J connectivity index is 1.87. The molecule has 0 atom stereocenters. The third-order valence-electron chi connectivity index (χ3n) is 4.41. The minimum absolute atomic E-state index is 0.0994. The molecule has 0 amide bonds. The summed E-state index contributed by atoms with van der Waals surface area (Å²) in [6.07, 6.45) is 5.50. The molecule has 4 rings (SSSR count). The first-order valence-electron chi connectivity index (χ1n) is 8.38. The average molecular weight is 328 g/mol. The molecule has 124 valence electrons. The summed E-state index contributed by atoms with van der Waals surface area (Å²) >= 11 is 0. The van der Waals surface area contributed by atoms with Crippen molar-refractivity contribution < 1.29 is 0 Å². The van der Waals surface area contributed by atoms with Gasteiger partial charge in [0.2, 0.25) is 0 Å². The molecule has 4 heteroatoms. The van der Waals surface area contributed by atoms with Gasteiger partial charge in [0.05, 0.1) is 11.9 Å². The van der Waals surface area contributed by atoms with Gasteiger partial charge >= 0.3 is 0 Å². The molecule has 25 heavy (non-hydrogen) atoms. The monoisotopic (exact) mass is 328 g/mol. The summed E-state index contributed by atoms with van der Waals surface area (Å²) in [6.45, 7) is 6.67. The molecule has 0 unspecified atom stereocenters. The molecule has 0 aliphatic rings. The van der Waals surface area contributed by atoms with Crippen LogP contribution in [-0.2, 0) is 5.41 Å². The maximum absolute atomic E-state index is 4.66. The van der Waals surface area contributed by atoms with Crippen LogP contribution >= 0.6 is 0 Å². The maximum Gasteiger partial charge on any atom is 0.155 e. The van der Waals surface area contributed by atoms with Gasteiger partial charge in [-0.3, -0.25) is 10.1 Å². The van der Waals surface area contributed by atoms with Crippen molar-refractivity contribution in [1.29, 1.82) is 0 Å². The topological polar surface area (TPSA) is 54.5 Å². The Kier molecular flexibility index (Phi) is 3.61. The molecule has 0 aliphatic heterocycles. The highest BCUT2D eigenvalue weighted by molar-refractivity contribution is 5.86. The highest BCUT2D eigenvalue weighted by Crippen LogP contribution is 2.33. The normalized spacial score (nSPS) is 11.8. The zero-order valence-electron chi connectivity index (χ0n) is 14.6. The van der Waals surface area contributed by atoms with Gasteiger partial charge < -0.3 is 0 Å². The van der Waals surface area contributed by atoms with E-state index in [0.29, 0.717) is 0 Å². The lowest BCUT2D eigenvalue weighted by Crippen LogP contribution is -2.10. The van der Waals surface area contributed by atoms with E-state index in [4.69, 9.17) is 0 Å². The first-order chi connectivity index (χ1) is 12.0. The fraction of sp³-hybridized carbons (Fsp3) is 0.190. The number of aromatic amines is 1. The largest absolute Gasteiger partial charge is 0.261 e. The number of nitrogens with one attached hydrogen (secondary N) is 1. The number of nitrogens with zero attached hydrogens (tertiary/aromatic N) is 3. The van der Waals surface area contributed by atoms with E-state index in [0.717, 1.165) is 33.4 Å². The van der Waals surface area contributed by atoms with Crippen LogP contribution in [0.4, 0.5) is 0 Å². The Morgan fingerprint density at radius 3 is 2.60 bits per heavy atom. The quantitative estimate of drug-likeness (QED) is 0.564. The summed E-state index contributed by atoms with van der Waals surface area (Å²) in [5.74, 6) is 0. The van der Waals surface area contributed by atoms with E-state index in [9.17, 15) is 0 Å². The highest BCUT2D eigenvalue weighted by Gasteiger charge is 2.16. The summed E-state index contributed by atoms with van der Waals surface area (Å²) in [5, 5.41) is 7.94.